The van der Waals surface area contributed by atoms with Crippen LogP contribution in [0, 0.1) is 6.92 Å². The molecule has 108 valence electrons. The molecule has 0 spiro atoms. The van der Waals surface area contributed by atoms with Crippen LogP contribution in [0.1, 0.15) is 41.3 Å². The van der Waals surface area contributed by atoms with Crippen molar-refractivity contribution in [2.45, 2.75) is 32.8 Å². The number of carbonyl (C=O) groups is 1. The van der Waals surface area contributed by atoms with Crippen LogP contribution >= 0.6 is 11.3 Å². The van der Waals surface area contributed by atoms with E-state index in [-0.39, 0.29) is 12.5 Å². The first-order valence-electron chi connectivity index (χ1n) is 6.56. The largest absolute Gasteiger partial charge is 0.456 e. The average molecular weight is 293 g/mol. The van der Waals surface area contributed by atoms with Crippen LogP contribution in [-0.2, 0) is 12.0 Å². The van der Waals surface area contributed by atoms with Gasteiger partial charge < -0.3 is 14.8 Å². The Morgan fingerprint density at radius 1 is 1.55 bits per heavy atom. The average Bonchev–Trinajstić information content (AvgIpc) is 3.05. The van der Waals surface area contributed by atoms with Gasteiger partial charge in [0.2, 0.25) is 0 Å². The fourth-order valence-corrected chi connectivity index (χ4v) is 2.78. The highest BCUT2D eigenvalue weighted by Gasteiger charge is 2.25. The van der Waals surface area contributed by atoms with E-state index in [1.54, 1.807) is 13.0 Å². The predicted molar refractivity (Wildman–Crippen MR) is 79.0 cm³/mol. The van der Waals surface area contributed by atoms with E-state index in [1.165, 1.54) is 11.3 Å². The topological polar surface area (TPSA) is 62.5 Å². The minimum absolute atomic E-state index is 0.143. The lowest BCUT2D eigenvalue weighted by molar-refractivity contribution is 0.0522. The molecule has 0 aliphatic rings. The van der Waals surface area contributed by atoms with Gasteiger partial charge in [-0.1, -0.05) is 6.92 Å². The summed E-state index contributed by atoms with van der Waals surface area (Å²) >= 11 is 1.51. The summed E-state index contributed by atoms with van der Waals surface area (Å²) in [4.78, 5) is 12.0. The fourth-order valence-electron chi connectivity index (χ4n) is 2.00. The smallest absolute Gasteiger partial charge is 0.287 e. The molecule has 0 aromatic carbocycles. The van der Waals surface area contributed by atoms with E-state index < -0.39 is 5.60 Å². The molecule has 5 heteroatoms. The molecule has 2 heterocycles. The second-order valence-electron chi connectivity index (χ2n) is 5.04. The molecule has 0 saturated heterocycles. The standard InChI is InChI=1S/C15H19NO3S/c1-4-12-10(2)7-13(19-12)14(17)16-9-15(3,18)11-5-6-20-8-11/h5-8,18H,4,9H2,1-3H3,(H,16,17). The van der Waals surface area contributed by atoms with Crippen molar-refractivity contribution in [3.05, 3.63) is 45.5 Å². The quantitative estimate of drug-likeness (QED) is 0.891. The normalized spacial score (nSPS) is 14.0. The van der Waals surface area contributed by atoms with Crippen LogP contribution in [0.2, 0.25) is 0 Å². The van der Waals surface area contributed by atoms with Gasteiger partial charge >= 0.3 is 0 Å². The Balaban J connectivity index is 2.01. The van der Waals surface area contributed by atoms with Crippen molar-refractivity contribution in [3.63, 3.8) is 0 Å². The summed E-state index contributed by atoms with van der Waals surface area (Å²) in [6, 6.07) is 3.58. The van der Waals surface area contributed by atoms with Crippen molar-refractivity contribution < 1.29 is 14.3 Å². The molecule has 0 bridgehead atoms. The third-order valence-corrected chi connectivity index (χ3v) is 3.98. The minimum atomic E-state index is -1.08. The molecular formula is C15H19NO3S. The van der Waals surface area contributed by atoms with Gasteiger partial charge in [0.05, 0.1) is 6.54 Å². The van der Waals surface area contributed by atoms with E-state index >= 15 is 0 Å². The van der Waals surface area contributed by atoms with Gasteiger partial charge in [-0.25, -0.2) is 0 Å². The summed E-state index contributed by atoms with van der Waals surface area (Å²) < 4.78 is 5.49. The Labute approximate surface area is 122 Å². The first-order valence-corrected chi connectivity index (χ1v) is 7.51. The Bertz CT molecular complexity index is 584. The van der Waals surface area contributed by atoms with E-state index in [1.807, 2.05) is 30.7 Å². The number of aryl methyl sites for hydroxylation is 2. The zero-order chi connectivity index (χ0) is 14.8. The molecule has 2 aromatic rings. The second-order valence-corrected chi connectivity index (χ2v) is 5.82. The molecular weight excluding hydrogens is 274 g/mol. The first kappa shape index (κ1) is 14.8. The number of amides is 1. The van der Waals surface area contributed by atoms with E-state index in [0.29, 0.717) is 5.76 Å². The van der Waals surface area contributed by atoms with E-state index in [2.05, 4.69) is 5.32 Å². The molecule has 20 heavy (non-hydrogen) atoms. The highest BCUT2D eigenvalue weighted by atomic mass is 32.1. The van der Waals surface area contributed by atoms with Crippen LogP contribution in [0.4, 0.5) is 0 Å². The summed E-state index contributed by atoms with van der Waals surface area (Å²) in [5.74, 6) is 0.809. The van der Waals surface area contributed by atoms with Crippen molar-refractivity contribution in [1.29, 1.82) is 0 Å². The fraction of sp³-hybridized carbons (Fsp3) is 0.400. The molecule has 0 saturated carbocycles. The predicted octanol–water partition coefficient (Wildman–Crippen LogP) is 2.85. The van der Waals surface area contributed by atoms with Gasteiger partial charge in [0.1, 0.15) is 11.4 Å². The van der Waals surface area contributed by atoms with Gasteiger partial charge in [-0.05, 0) is 47.9 Å². The van der Waals surface area contributed by atoms with Crippen molar-refractivity contribution in [3.8, 4) is 0 Å². The Morgan fingerprint density at radius 3 is 2.85 bits per heavy atom. The lowest BCUT2D eigenvalue weighted by Crippen LogP contribution is -2.38. The zero-order valence-corrected chi connectivity index (χ0v) is 12.7. The minimum Gasteiger partial charge on any atom is -0.456 e. The molecule has 1 unspecified atom stereocenters. The lowest BCUT2D eigenvalue weighted by Gasteiger charge is -2.22. The molecule has 1 atom stereocenters. The molecule has 2 aromatic heterocycles. The molecule has 0 aliphatic heterocycles. The van der Waals surface area contributed by atoms with Crippen molar-refractivity contribution in [2.24, 2.45) is 0 Å². The van der Waals surface area contributed by atoms with Crippen LogP contribution in [0.3, 0.4) is 0 Å². The van der Waals surface area contributed by atoms with Crippen LogP contribution in [0.15, 0.2) is 27.3 Å². The number of rotatable bonds is 5. The number of hydrogen-bond acceptors (Lipinski definition) is 4. The van der Waals surface area contributed by atoms with Gasteiger partial charge in [0.15, 0.2) is 5.76 Å². The van der Waals surface area contributed by atoms with Crippen molar-refractivity contribution in [2.75, 3.05) is 6.54 Å². The molecule has 0 fully saturated rings. The van der Waals surface area contributed by atoms with Gasteiger partial charge in [-0.3, -0.25) is 4.79 Å². The maximum Gasteiger partial charge on any atom is 0.287 e. The number of thiophene rings is 1. The van der Waals surface area contributed by atoms with Crippen LogP contribution in [-0.4, -0.2) is 17.6 Å². The van der Waals surface area contributed by atoms with Gasteiger partial charge in [0, 0.05) is 6.42 Å². The SMILES string of the molecule is CCc1oc(C(=O)NCC(C)(O)c2ccsc2)cc1C. The summed E-state index contributed by atoms with van der Waals surface area (Å²) in [7, 11) is 0. The molecule has 0 radical (unpaired) electrons. The number of hydrogen-bond donors (Lipinski definition) is 2. The summed E-state index contributed by atoms with van der Waals surface area (Å²) in [6.07, 6.45) is 0.756. The molecule has 1 amide bonds. The Hall–Kier alpha value is -1.59. The third kappa shape index (κ3) is 3.11. The van der Waals surface area contributed by atoms with Gasteiger partial charge in [-0.2, -0.15) is 11.3 Å². The van der Waals surface area contributed by atoms with Gasteiger partial charge in [-0.15, -0.1) is 0 Å². The third-order valence-electron chi connectivity index (χ3n) is 3.30. The van der Waals surface area contributed by atoms with E-state index in [4.69, 9.17) is 4.42 Å². The molecule has 4 nitrogen and oxygen atoms in total. The van der Waals surface area contributed by atoms with Crippen molar-refractivity contribution in [1.82, 2.24) is 5.32 Å². The summed E-state index contributed by atoms with van der Waals surface area (Å²) in [5, 5.41) is 16.8. The maximum atomic E-state index is 12.0. The summed E-state index contributed by atoms with van der Waals surface area (Å²) in [5.41, 5.74) is 0.695. The number of furan rings is 1. The van der Waals surface area contributed by atoms with Gasteiger partial charge in [0.25, 0.3) is 5.91 Å². The van der Waals surface area contributed by atoms with Crippen LogP contribution in [0.5, 0.6) is 0 Å². The highest BCUT2D eigenvalue weighted by Crippen LogP contribution is 2.22. The lowest BCUT2D eigenvalue weighted by atomic mass is 9.99. The monoisotopic (exact) mass is 293 g/mol. The zero-order valence-electron chi connectivity index (χ0n) is 11.9. The molecule has 2 rings (SSSR count). The number of carbonyl (C=O) groups excluding carboxylic acids is 1. The van der Waals surface area contributed by atoms with Crippen LogP contribution < -0.4 is 5.32 Å². The maximum absolute atomic E-state index is 12.0. The van der Waals surface area contributed by atoms with E-state index in [9.17, 15) is 9.90 Å². The first-order chi connectivity index (χ1) is 9.44. The number of aliphatic hydroxyl groups is 1. The Morgan fingerprint density at radius 2 is 2.30 bits per heavy atom. The van der Waals surface area contributed by atoms with Crippen LogP contribution in [0.25, 0.3) is 0 Å². The molecule has 2 N–H and O–H groups in total. The Kier molecular flexibility index (Phi) is 4.30. The summed E-state index contributed by atoms with van der Waals surface area (Å²) in [6.45, 7) is 5.72. The van der Waals surface area contributed by atoms with Crippen molar-refractivity contribution >= 4 is 17.2 Å². The van der Waals surface area contributed by atoms with E-state index in [0.717, 1.165) is 23.3 Å². The number of nitrogens with one attached hydrogen (secondary N) is 1. The second kappa shape index (κ2) is 5.81. The molecule has 0 aliphatic carbocycles. The highest BCUT2D eigenvalue weighted by molar-refractivity contribution is 7.08.